The largest absolute Gasteiger partial charge is 0.416 e. The molecule has 0 saturated carbocycles. The molecule has 0 unspecified atom stereocenters. The molecule has 0 aromatic heterocycles. The fourth-order valence-corrected chi connectivity index (χ4v) is 1.29. The van der Waals surface area contributed by atoms with E-state index in [1.807, 2.05) is 0 Å². The zero-order chi connectivity index (χ0) is 11.5. The lowest BCUT2D eigenvalue weighted by Gasteiger charge is -2.08. The van der Waals surface area contributed by atoms with Crippen LogP contribution in [-0.4, -0.2) is 6.08 Å². The van der Waals surface area contributed by atoms with Crippen molar-refractivity contribution in [1.29, 1.82) is 0 Å². The van der Waals surface area contributed by atoms with Crippen molar-refractivity contribution in [2.24, 2.45) is 4.99 Å². The van der Waals surface area contributed by atoms with E-state index in [0.717, 1.165) is 12.1 Å². The Balaban J connectivity index is 3.28. The van der Waals surface area contributed by atoms with E-state index in [0.29, 0.717) is 5.56 Å². The average Bonchev–Trinajstić information content (AvgIpc) is 2.17. The number of carbonyl (C=O) groups excluding carboxylic acids is 1. The van der Waals surface area contributed by atoms with Gasteiger partial charge in [-0.05, 0) is 17.7 Å². The van der Waals surface area contributed by atoms with Crippen LogP contribution in [0.4, 0.5) is 18.9 Å². The molecule has 2 nitrogen and oxygen atoms in total. The molecule has 6 heteroatoms. The number of nitrogens with zero attached hydrogens (tertiary/aromatic N) is 1. The van der Waals surface area contributed by atoms with Crippen molar-refractivity contribution in [3.63, 3.8) is 0 Å². The van der Waals surface area contributed by atoms with Crippen LogP contribution in [0.2, 0.25) is 0 Å². The van der Waals surface area contributed by atoms with E-state index >= 15 is 0 Å². The normalized spacial score (nSPS) is 10.9. The number of hydrogen-bond donors (Lipinski definition) is 1. The smallest absolute Gasteiger partial charge is 0.211 e. The number of halogens is 3. The van der Waals surface area contributed by atoms with Crippen LogP contribution in [0.5, 0.6) is 0 Å². The molecule has 15 heavy (non-hydrogen) atoms. The lowest BCUT2D eigenvalue weighted by molar-refractivity contribution is -0.137. The van der Waals surface area contributed by atoms with Crippen LogP contribution in [0, 0.1) is 0 Å². The number of hydrogen-bond acceptors (Lipinski definition) is 3. The highest BCUT2D eigenvalue weighted by molar-refractivity contribution is 7.79. The van der Waals surface area contributed by atoms with E-state index in [4.69, 9.17) is 0 Å². The molecule has 0 aliphatic heterocycles. The molecule has 0 amide bonds. The van der Waals surface area contributed by atoms with Crippen LogP contribution in [0.3, 0.4) is 0 Å². The number of thiol groups is 1. The van der Waals surface area contributed by atoms with Gasteiger partial charge in [0, 0.05) is 5.75 Å². The zero-order valence-electron chi connectivity index (χ0n) is 7.38. The molecule has 0 bridgehead atoms. The molecule has 1 rings (SSSR count). The van der Waals surface area contributed by atoms with E-state index < -0.39 is 11.7 Å². The summed E-state index contributed by atoms with van der Waals surface area (Å²) in [6, 6.07) is 2.97. The number of isocyanates is 1. The summed E-state index contributed by atoms with van der Waals surface area (Å²) in [7, 11) is 0. The summed E-state index contributed by atoms with van der Waals surface area (Å²) in [6.45, 7) is 0. The highest BCUT2D eigenvalue weighted by atomic mass is 32.1. The Morgan fingerprint density at radius 2 is 2.07 bits per heavy atom. The Hall–Kier alpha value is -1.26. The van der Waals surface area contributed by atoms with Gasteiger partial charge in [0.05, 0.1) is 11.3 Å². The molecule has 0 spiro atoms. The molecule has 80 valence electrons. The van der Waals surface area contributed by atoms with E-state index in [9.17, 15) is 18.0 Å². The summed E-state index contributed by atoms with van der Waals surface area (Å²) in [5.41, 5.74) is -0.438. The van der Waals surface area contributed by atoms with E-state index in [-0.39, 0.29) is 11.4 Å². The molecular weight excluding hydrogens is 227 g/mol. The van der Waals surface area contributed by atoms with Crippen LogP contribution in [0.1, 0.15) is 11.1 Å². The fraction of sp³-hybridized carbons (Fsp3) is 0.222. The van der Waals surface area contributed by atoms with E-state index in [1.165, 1.54) is 12.1 Å². The summed E-state index contributed by atoms with van der Waals surface area (Å²) < 4.78 is 36.9. The first kappa shape index (κ1) is 11.8. The second-order valence-corrected chi connectivity index (χ2v) is 3.02. The molecule has 0 N–H and O–H groups in total. The van der Waals surface area contributed by atoms with Gasteiger partial charge in [-0.15, -0.1) is 0 Å². The first-order chi connectivity index (χ1) is 6.99. The quantitative estimate of drug-likeness (QED) is 0.474. The molecule has 0 aliphatic rings. The maximum atomic E-state index is 12.3. The summed E-state index contributed by atoms with van der Waals surface area (Å²) in [5.74, 6) is 0.207. The topological polar surface area (TPSA) is 29.4 Å². The maximum absolute atomic E-state index is 12.3. The Labute approximate surface area is 89.2 Å². The third-order valence-electron chi connectivity index (χ3n) is 1.75. The molecular formula is C9H6F3NOS. The number of benzene rings is 1. The Morgan fingerprint density at radius 3 is 2.53 bits per heavy atom. The van der Waals surface area contributed by atoms with Crippen molar-refractivity contribution in [2.75, 3.05) is 0 Å². The molecule has 0 aliphatic carbocycles. The number of rotatable bonds is 2. The average molecular weight is 233 g/mol. The van der Waals surface area contributed by atoms with E-state index in [1.54, 1.807) is 0 Å². The molecule has 0 atom stereocenters. The van der Waals surface area contributed by atoms with Crippen LogP contribution < -0.4 is 0 Å². The summed E-state index contributed by atoms with van der Waals surface area (Å²) >= 11 is 3.91. The molecule has 0 heterocycles. The lowest BCUT2D eigenvalue weighted by atomic mass is 10.1. The van der Waals surface area contributed by atoms with Gasteiger partial charge in [0.25, 0.3) is 0 Å². The number of alkyl halides is 3. The van der Waals surface area contributed by atoms with Crippen molar-refractivity contribution in [1.82, 2.24) is 0 Å². The molecule has 1 aromatic rings. The van der Waals surface area contributed by atoms with Gasteiger partial charge in [-0.1, -0.05) is 6.07 Å². The first-order valence-corrected chi connectivity index (χ1v) is 4.51. The second-order valence-electron chi connectivity index (χ2n) is 2.70. The monoisotopic (exact) mass is 233 g/mol. The van der Waals surface area contributed by atoms with Gasteiger partial charge in [0.1, 0.15) is 0 Å². The van der Waals surface area contributed by atoms with Gasteiger partial charge in [-0.25, -0.2) is 4.79 Å². The van der Waals surface area contributed by atoms with Crippen LogP contribution >= 0.6 is 12.6 Å². The Bertz CT molecular complexity index is 410. The minimum atomic E-state index is -4.44. The second kappa shape index (κ2) is 4.51. The van der Waals surface area contributed by atoms with Crippen molar-refractivity contribution >= 4 is 24.4 Å². The minimum absolute atomic E-state index is 0.0465. The van der Waals surface area contributed by atoms with Gasteiger partial charge in [0.15, 0.2) is 0 Å². The van der Waals surface area contributed by atoms with Gasteiger partial charge >= 0.3 is 6.18 Å². The first-order valence-electron chi connectivity index (χ1n) is 3.88. The third kappa shape index (κ3) is 2.84. The van der Waals surface area contributed by atoms with Crippen LogP contribution in [0.25, 0.3) is 0 Å². The summed E-state index contributed by atoms with van der Waals surface area (Å²) in [5, 5.41) is 0. The SMILES string of the molecule is O=C=Nc1cc(C(F)(F)F)ccc1CS. The van der Waals surface area contributed by atoms with Crippen molar-refractivity contribution in [3.05, 3.63) is 29.3 Å². The van der Waals surface area contributed by atoms with Gasteiger partial charge in [-0.2, -0.15) is 30.8 Å². The molecule has 1 aromatic carbocycles. The van der Waals surface area contributed by atoms with Crippen molar-refractivity contribution in [3.8, 4) is 0 Å². The highest BCUT2D eigenvalue weighted by Gasteiger charge is 2.30. The van der Waals surface area contributed by atoms with Gasteiger partial charge in [-0.3, -0.25) is 0 Å². The minimum Gasteiger partial charge on any atom is -0.211 e. The third-order valence-corrected chi connectivity index (χ3v) is 2.09. The fourth-order valence-electron chi connectivity index (χ4n) is 1.03. The van der Waals surface area contributed by atoms with Crippen LogP contribution in [0.15, 0.2) is 23.2 Å². The Kier molecular flexibility index (Phi) is 3.55. The predicted molar refractivity (Wildman–Crippen MR) is 51.9 cm³/mol. The molecule has 0 fully saturated rings. The zero-order valence-corrected chi connectivity index (χ0v) is 8.27. The maximum Gasteiger partial charge on any atom is 0.416 e. The summed E-state index contributed by atoms with van der Waals surface area (Å²) in [4.78, 5) is 13.2. The standard InChI is InChI=1S/C9H6F3NOS/c10-9(11,12)7-2-1-6(4-15)8(3-7)13-5-14/h1-3,15H,4H2. The number of aliphatic imine (C=N–C) groups is 1. The predicted octanol–water partition coefficient (Wildman–Crippen LogP) is 3.10. The molecule has 0 radical (unpaired) electrons. The van der Waals surface area contributed by atoms with Crippen molar-refractivity contribution < 1.29 is 18.0 Å². The van der Waals surface area contributed by atoms with Gasteiger partial charge in [0.2, 0.25) is 6.08 Å². The summed E-state index contributed by atoms with van der Waals surface area (Å²) in [6.07, 6.45) is -3.23. The van der Waals surface area contributed by atoms with Crippen LogP contribution in [-0.2, 0) is 16.7 Å². The van der Waals surface area contributed by atoms with E-state index in [2.05, 4.69) is 17.6 Å². The van der Waals surface area contributed by atoms with Crippen molar-refractivity contribution in [2.45, 2.75) is 11.9 Å². The lowest BCUT2D eigenvalue weighted by Crippen LogP contribution is -2.04. The molecule has 0 saturated heterocycles. The van der Waals surface area contributed by atoms with Gasteiger partial charge < -0.3 is 0 Å². The highest BCUT2D eigenvalue weighted by Crippen LogP contribution is 2.33. The Morgan fingerprint density at radius 1 is 1.40 bits per heavy atom.